The van der Waals surface area contributed by atoms with Gasteiger partial charge in [0.15, 0.2) is 6.61 Å². The second-order valence-electron chi connectivity index (χ2n) is 8.27. The van der Waals surface area contributed by atoms with Crippen molar-refractivity contribution in [1.82, 2.24) is 19.9 Å². The molecule has 3 rings (SSSR count). The van der Waals surface area contributed by atoms with E-state index in [0.717, 1.165) is 19.3 Å². The Morgan fingerprint density at radius 2 is 2.22 bits per heavy atom. The van der Waals surface area contributed by atoms with E-state index < -0.39 is 13.0 Å². The zero-order valence-electron chi connectivity index (χ0n) is 18.6. The molecule has 1 amide bonds. The number of carbonyl (C=O) groups excluding carboxylic acids is 1. The number of carbonyl (C=O) groups is 1. The standard InChI is InChI=1S/C21H29ClF2N4O4/c1-11-7-14(9-30-16(11)6-5-12(2)26-13(3)29)32-21-27-15-8-25-20(31-10-17(23)24)18(22)19(15)28(21)4/h8,11-12,14,16-17H,5-7,9-10H2,1-4H3,(H,26,29)/t11-,12-,14+,16+/m0/s1. The molecule has 1 aliphatic heterocycles. The smallest absolute Gasteiger partial charge is 0.297 e. The predicted molar refractivity (Wildman–Crippen MR) is 115 cm³/mol. The van der Waals surface area contributed by atoms with Gasteiger partial charge < -0.3 is 19.5 Å². The lowest BCUT2D eigenvalue weighted by molar-refractivity contribution is -0.119. The molecule has 0 unspecified atom stereocenters. The van der Waals surface area contributed by atoms with Gasteiger partial charge in [0.05, 0.1) is 24.4 Å². The average molecular weight is 475 g/mol. The maximum absolute atomic E-state index is 12.4. The number of imidazole rings is 1. The molecule has 1 N–H and O–H groups in total. The molecule has 2 aromatic rings. The van der Waals surface area contributed by atoms with Gasteiger partial charge >= 0.3 is 0 Å². The highest BCUT2D eigenvalue weighted by Gasteiger charge is 2.31. The Morgan fingerprint density at radius 3 is 2.88 bits per heavy atom. The van der Waals surface area contributed by atoms with Crippen molar-refractivity contribution in [1.29, 1.82) is 0 Å². The van der Waals surface area contributed by atoms with Crippen LogP contribution in [0, 0.1) is 5.92 Å². The molecule has 4 atom stereocenters. The fraction of sp³-hybridized carbons (Fsp3) is 0.667. The largest absolute Gasteiger partial charge is 0.470 e. The fourth-order valence-electron chi connectivity index (χ4n) is 3.94. The van der Waals surface area contributed by atoms with Gasteiger partial charge in [0, 0.05) is 20.0 Å². The number of rotatable bonds is 9. The summed E-state index contributed by atoms with van der Waals surface area (Å²) in [6.07, 6.45) is 1.18. The number of halogens is 3. The van der Waals surface area contributed by atoms with Crippen LogP contribution in [0.15, 0.2) is 6.20 Å². The summed E-state index contributed by atoms with van der Waals surface area (Å²) >= 11 is 6.32. The van der Waals surface area contributed by atoms with Crippen molar-refractivity contribution in [3.8, 4) is 11.9 Å². The number of ether oxygens (including phenoxy) is 3. The number of amides is 1. The first-order valence-electron chi connectivity index (χ1n) is 10.6. The molecule has 0 aliphatic carbocycles. The lowest BCUT2D eigenvalue weighted by Gasteiger charge is -2.34. The van der Waals surface area contributed by atoms with Crippen LogP contribution in [0.3, 0.4) is 0 Å². The summed E-state index contributed by atoms with van der Waals surface area (Å²) in [4.78, 5) is 19.6. The molecule has 1 aliphatic rings. The summed E-state index contributed by atoms with van der Waals surface area (Å²) < 4.78 is 43.7. The number of aromatic nitrogens is 3. The molecule has 32 heavy (non-hydrogen) atoms. The second-order valence-corrected chi connectivity index (χ2v) is 8.65. The van der Waals surface area contributed by atoms with Crippen LogP contribution in [0.4, 0.5) is 8.78 Å². The Hall–Kier alpha value is -2.20. The third-order valence-corrected chi connectivity index (χ3v) is 5.84. The van der Waals surface area contributed by atoms with E-state index in [1.165, 1.54) is 13.1 Å². The first kappa shape index (κ1) is 24.4. The Morgan fingerprint density at radius 1 is 1.47 bits per heavy atom. The lowest BCUT2D eigenvalue weighted by atomic mass is 9.91. The van der Waals surface area contributed by atoms with Gasteiger partial charge in [-0.15, -0.1) is 0 Å². The third-order valence-electron chi connectivity index (χ3n) is 5.50. The van der Waals surface area contributed by atoms with Crippen molar-refractivity contribution in [3.05, 3.63) is 11.2 Å². The van der Waals surface area contributed by atoms with Gasteiger partial charge in [0.25, 0.3) is 12.4 Å². The van der Waals surface area contributed by atoms with Crippen LogP contribution in [0.25, 0.3) is 11.0 Å². The van der Waals surface area contributed by atoms with E-state index in [-0.39, 0.29) is 41.0 Å². The van der Waals surface area contributed by atoms with Crippen molar-refractivity contribution in [2.24, 2.45) is 13.0 Å². The van der Waals surface area contributed by atoms with E-state index >= 15 is 0 Å². The van der Waals surface area contributed by atoms with E-state index in [1.54, 1.807) is 11.6 Å². The van der Waals surface area contributed by atoms with Crippen LogP contribution >= 0.6 is 11.6 Å². The predicted octanol–water partition coefficient (Wildman–Crippen LogP) is 3.74. The number of alkyl halides is 2. The highest BCUT2D eigenvalue weighted by Crippen LogP contribution is 2.34. The molecule has 2 aromatic heterocycles. The molecule has 3 heterocycles. The van der Waals surface area contributed by atoms with Crippen molar-refractivity contribution in [2.45, 2.75) is 64.7 Å². The summed E-state index contributed by atoms with van der Waals surface area (Å²) in [5.41, 5.74) is 0.974. The van der Waals surface area contributed by atoms with Gasteiger partial charge in [0.2, 0.25) is 11.8 Å². The van der Waals surface area contributed by atoms with E-state index in [9.17, 15) is 13.6 Å². The van der Waals surface area contributed by atoms with E-state index in [2.05, 4.69) is 22.2 Å². The first-order chi connectivity index (χ1) is 15.2. The van der Waals surface area contributed by atoms with E-state index in [4.69, 9.17) is 25.8 Å². The van der Waals surface area contributed by atoms with Gasteiger partial charge in [-0.05, 0) is 32.1 Å². The van der Waals surface area contributed by atoms with Gasteiger partial charge in [-0.3, -0.25) is 9.36 Å². The minimum Gasteiger partial charge on any atom is -0.470 e. The quantitative estimate of drug-likeness (QED) is 0.595. The number of pyridine rings is 1. The van der Waals surface area contributed by atoms with Crippen LogP contribution in [-0.4, -0.2) is 58.3 Å². The Labute approximate surface area is 190 Å². The fourth-order valence-corrected chi connectivity index (χ4v) is 4.26. The Kier molecular flexibility index (Phi) is 8.10. The Bertz CT molecular complexity index is 942. The molecule has 1 saturated heterocycles. The van der Waals surface area contributed by atoms with Crippen LogP contribution in [-0.2, 0) is 16.6 Å². The summed E-state index contributed by atoms with van der Waals surface area (Å²) in [5.74, 6) is 0.168. The van der Waals surface area contributed by atoms with Crippen molar-refractivity contribution in [3.63, 3.8) is 0 Å². The number of aryl methyl sites for hydroxylation is 1. The van der Waals surface area contributed by atoms with E-state index in [0.29, 0.717) is 23.7 Å². The molecule has 8 nitrogen and oxygen atoms in total. The molecule has 0 bridgehead atoms. The monoisotopic (exact) mass is 474 g/mol. The third kappa shape index (κ3) is 5.98. The summed E-state index contributed by atoms with van der Waals surface area (Å²) in [5, 5.41) is 2.99. The second kappa shape index (κ2) is 10.6. The van der Waals surface area contributed by atoms with Crippen molar-refractivity contribution < 1.29 is 27.8 Å². The van der Waals surface area contributed by atoms with Crippen molar-refractivity contribution in [2.75, 3.05) is 13.2 Å². The molecule has 0 aromatic carbocycles. The van der Waals surface area contributed by atoms with Crippen LogP contribution in [0.1, 0.15) is 40.0 Å². The topological polar surface area (TPSA) is 87.5 Å². The molecule has 1 fully saturated rings. The minimum absolute atomic E-state index is 0.0333. The van der Waals surface area contributed by atoms with Gasteiger partial charge in [-0.25, -0.2) is 13.8 Å². The maximum atomic E-state index is 12.4. The maximum Gasteiger partial charge on any atom is 0.297 e. The number of nitrogens with zero attached hydrogens (tertiary/aromatic N) is 3. The molecular weight excluding hydrogens is 446 g/mol. The summed E-state index contributed by atoms with van der Waals surface area (Å²) in [7, 11) is 1.73. The minimum atomic E-state index is -2.63. The van der Waals surface area contributed by atoms with Crippen LogP contribution in [0.2, 0.25) is 5.02 Å². The highest BCUT2D eigenvalue weighted by molar-refractivity contribution is 6.36. The highest BCUT2D eigenvalue weighted by atomic mass is 35.5. The molecule has 0 radical (unpaired) electrons. The van der Waals surface area contributed by atoms with Crippen LogP contribution < -0.4 is 14.8 Å². The zero-order chi connectivity index (χ0) is 23.4. The Balaban J connectivity index is 1.61. The molecule has 178 valence electrons. The summed E-state index contributed by atoms with van der Waals surface area (Å²) in [6.45, 7) is 5.24. The zero-order valence-corrected chi connectivity index (χ0v) is 19.4. The van der Waals surface area contributed by atoms with E-state index in [1.807, 2.05) is 6.92 Å². The molecule has 11 heteroatoms. The van der Waals surface area contributed by atoms with Gasteiger partial charge in [0.1, 0.15) is 16.6 Å². The first-order valence-corrected chi connectivity index (χ1v) is 11.0. The number of hydrogen-bond donors (Lipinski definition) is 1. The SMILES string of the molecule is CC(=O)N[C@@H](C)CC[C@H]1OC[C@H](Oc2nc3cnc(OCC(F)F)c(Cl)c3n2C)C[C@@H]1C. The molecular formula is C21H29ClF2N4O4. The molecule has 0 saturated carbocycles. The average Bonchev–Trinajstić information content (AvgIpc) is 3.02. The number of hydrogen-bond acceptors (Lipinski definition) is 6. The number of nitrogens with one attached hydrogen (secondary N) is 1. The normalized spacial score (nSPS) is 22.2. The molecule has 0 spiro atoms. The number of fused-ring (bicyclic) bond motifs is 1. The summed E-state index contributed by atoms with van der Waals surface area (Å²) in [6, 6.07) is 0.443. The van der Waals surface area contributed by atoms with Crippen molar-refractivity contribution >= 4 is 28.5 Å². The van der Waals surface area contributed by atoms with Gasteiger partial charge in [-0.1, -0.05) is 18.5 Å². The van der Waals surface area contributed by atoms with Crippen LogP contribution in [0.5, 0.6) is 11.9 Å². The van der Waals surface area contributed by atoms with Gasteiger partial charge in [-0.2, -0.15) is 4.98 Å². The lowest BCUT2D eigenvalue weighted by Crippen LogP contribution is -2.40.